The Morgan fingerprint density at radius 2 is 2.05 bits per heavy atom. The van der Waals surface area contributed by atoms with Gasteiger partial charge in [0.1, 0.15) is 0 Å². The smallest absolute Gasteiger partial charge is 0.256 e. The summed E-state index contributed by atoms with van der Waals surface area (Å²) in [6, 6.07) is 3.82. The Bertz CT molecular complexity index is 735. The highest BCUT2D eigenvalue weighted by molar-refractivity contribution is 7.90. The third-order valence-electron chi connectivity index (χ3n) is 3.05. The number of phenolic OH excluding ortho intramolecular Hbond substituents is 1. The van der Waals surface area contributed by atoms with Crippen molar-refractivity contribution in [3.8, 4) is 16.9 Å². The maximum absolute atomic E-state index is 13.0. The number of benzene rings is 1. The van der Waals surface area contributed by atoms with Crippen molar-refractivity contribution < 1.29 is 17.9 Å². The molecule has 1 aliphatic carbocycles. The van der Waals surface area contributed by atoms with Crippen LogP contribution in [-0.2, 0) is 10.0 Å². The van der Waals surface area contributed by atoms with Gasteiger partial charge >= 0.3 is 0 Å². The lowest BCUT2D eigenvalue weighted by Crippen LogP contribution is -2.17. The molecule has 19 heavy (non-hydrogen) atoms. The minimum absolute atomic E-state index is 0.345. The summed E-state index contributed by atoms with van der Waals surface area (Å²) in [5, 5.41) is 12.8. The number of phenols is 1. The molecular formula is C12H11FN2O3S. The number of nitrogens with zero attached hydrogens (tertiary/aromatic N) is 2. The number of aromatic nitrogens is 2. The molecule has 0 saturated heterocycles. The second-order valence-electron chi connectivity index (χ2n) is 4.51. The van der Waals surface area contributed by atoms with Crippen molar-refractivity contribution in [1.82, 2.24) is 9.19 Å². The van der Waals surface area contributed by atoms with Gasteiger partial charge in [0.25, 0.3) is 10.0 Å². The van der Waals surface area contributed by atoms with Gasteiger partial charge in [0, 0.05) is 5.56 Å². The Hall–Kier alpha value is -1.89. The van der Waals surface area contributed by atoms with Gasteiger partial charge in [-0.15, -0.1) is 0 Å². The van der Waals surface area contributed by atoms with Gasteiger partial charge in [0.05, 0.1) is 17.6 Å². The highest BCUT2D eigenvalue weighted by Gasteiger charge is 2.37. The van der Waals surface area contributed by atoms with E-state index in [1.807, 2.05) is 0 Å². The van der Waals surface area contributed by atoms with E-state index in [-0.39, 0.29) is 5.25 Å². The van der Waals surface area contributed by atoms with Gasteiger partial charge in [-0.3, -0.25) is 0 Å². The van der Waals surface area contributed by atoms with E-state index in [0.717, 1.165) is 10.2 Å². The van der Waals surface area contributed by atoms with Crippen LogP contribution in [0.2, 0.25) is 0 Å². The molecule has 1 aromatic carbocycles. The first-order chi connectivity index (χ1) is 8.98. The Morgan fingerprint density at radius 3 is 2.68 bits per heavy atom. The lowest BCUT2D eigenvalue weighted by Gasteiger charge is -2.01. The average molecular weight is 282 g/mol. The van der Waals surface area contributed by atoms with Crippen LogP contribution in [0.25, 0.3) is 11.1 Å². The van der Waals surface area contributed by atoms with E-state index >= 15 is 0 Å². The van der Waals surface area contributed by atoms with Crippen LogP contribution >= 0.6 is 0 Å². The van der Waals surface area contributed by atoms with Gasteiger partial charge < -0.3 is 5.11 Å². The standard InChI is InChI=1S/C12H11FN2O3S/c13-11-4-1-8(5-12(11)16)9-6-14-15(7-9)19(17,18)10-2-3-10/h1,4-7,10,16H,2-3H2. The quantitative estimate of drug-likeness (QED) is 0.930. The van der Waals surface area contributed by atoms with Crippen molar-refractivity contribution in [2.75, 3.05) is 0 Å². The predicted molar refractivity (Wildman–Crippen MR) is 66.6 cm³/mol. The summed E-state index contributed by atoms with van der Waals surface area (Å²) < 4.78 is 37.8. The Kier molecular flexibility index (Phi) is 2.60. The Morgan fingerprint density at radius 1 is 1.32 bits per heavy atom. The van der Waals surface area contributed by atoms with E-state index in [2.05, 4.69) is 5.10 Å². The number of hydrogen-bond donors (Lipinski definition) is 1. The lowest BCUT2D eigenvalue weighted by molar-refractivity contribution is 0.433. The van der Waals surface area contributed by atoms with Gasteiger partial charge in [-0.1, -0.05) is 6.07 Å². The molecule has 0 unspecified atom stereocenters. The third kappa shape index (κ3) is 2.10. The maximum Gasteiger partial charge on any atom is 0.256 e. The van der Waals surface area contributed by atoms with E-state index in [4.69, 9.17) is 0 Å². The first-order valence-corrected chi connectivity index (χ1v) is 7.27. The summed E-state index contributed by atoms with van der Waals surface area (Å²) in [5.74, 6) is -1.20. The van der Waals surface area contributed by atoms with Crippen molar-refractivity contribution in [3.63, 3.8) is 0 Å². The van der Waals surface area contributed by atoms with Crippen molar-refractivity contribution >= 4 is 10.0 Å². The lowest BCUT2D eigenvalue weighted by atomic mass is 10.1. The first kappa shape index (κ1) is 12.2. The fraction of sp³-hybridized carbons (Fsp3) is 0.250. The summed E-state index contributed by atoms with van der Waals surface area (Å²) in [6.07, 6.45) is 4.08. The molecule has 7 heteroatoms. The van der Waals surface area contributed by atoms with Gasteiger partial charge in [-0.25, -0.2) is 12.8 Å². The molecule has 0 radical (unpaired) electrons. The SMILES string of the molecule is O=S(=O)(C1CC1)n1cc(-c2ccc(F)c(O)c2)cn1. The van der Waals surface area contributed by atoms with Gasteiger partial charge in [0.15, 0.2) is 11.6 Å². The zero-order valence-corrected chi connectivity index (χ0v) is 10.6. The number of halogens is 1. The zero-order valence-electron chi connectivity index (χ0n) is 9.82. The van der Waals surface area contributed by atoms with Crippen molar-refractivity contribution in [2.45, 2.75) is 18.1 Å². The summed E-state index contributed by atoms with van der Waals surface area (Å²) in [5.41, 5.74) is 1.02. The van der Waals surface area contributed by atoms with Crippen LogP contribution in [-0.4, -0.2) is 28.0 Å². The molecule has 0 spiro atoms. The largest absolute Gasteiger partial charge is 0.505 e. The van der Waals surface area contributed by atoms with Crippen LogP contribution in [0.3, 0.4) is 0 Å². The van der Waals surface area contributed by atoms with E-state index in [1.165, 1.54) is 24.5 Å². The zero-order chi connectivity index (χ0) is 13.6. The van der Waals surface area contributed by atoms with E-state index < -0.39 is 21.6 Å². The van der Waals surface area contributed by atoms with Crippen LogP contribution in [0.15, 0.2) is 30.6 Å². The van der Waals surface area contributed by atoms with Crippen LogP contribution in [0.5, 0.6) is 5.75 Å². The second-order valence-corrected chi connectivity index (χ2v) is 6.58. The molecule has 0 atom stereocenters. The molecular weight excluding hydrogens is 271 g/mol. The van der Waals surface area contributed by atoms with Gasteiger partial charge in [-0.05, 0) is 30.5 Å². The number of rotatable bonds is 3. The first-order valence-electron chi connectivity index (χ1n) is 5.76. The van der Waals surface area contributed by atoms with E-state index in [1.54, 1.807) is 0 Å². The average Bonchev–Trinajstić information content (AvgIpc) is 3.11. The van der Waals surface area contributed by atoms with Crippen LogP contribution in [0.1, 0.15) is 12.8 Å². The summed E-state index contributed by atoms with van der Waals surface area (Å²) in [6.45, 7) is 0. The van der Waals surface area contributed by atoms with Gasteiger partial charge in [0.2, 0.25) is 0 Å². The van der Waals surface area contributed by atoms with Crippen LogP contribution < -0.4 is 0 Å². The minimum Gasteiger partial charge on any atom is -0.505 e. The molecule has 1 saturated carbocycles. The Balaban J connectivity index is 1.99. The normalized spacial score (nSPS) is 15.6. The molecule has 1 fully saturated rings. The highest BCUT2D eigenvalue weighted by atomic mass is 32.2. The fourth-order valence-electron chi connectivity index (χ4n) is 1.80. The molecule has 0 bridgehead atoms. The van der Waals surface area contributed by atoms with Crippen molar-refractivity contribution in [1.29, 1.82) is 0 Å². The highest BCUT2D eigenvalue weighted by Crippen LogP contribution is 2.31. The molecule has 2 aromatic rings. The maximum atomic E-state index is 13.0. The van der Waals surface area contributed by atoms with Crippen LogP contribution in [0, 0.1) is 5.82 Å². The molecule has 1 N–H and O–H groups in total. The topological polar surface area (TPSA) is 72.2 Å². The van der Waals surface area contributed by atoms with Crippen molar-refractivity contribution in [3.05, 3.63) is 36.4 Å². The fourth-order valence-corrected chi connectivity index (χ4v) is 3.28. The molecule has 100 valence electrons. The molecule has 3 rings (SSSR count). The predicted octanol–water partition coefficient (Wildman–Crippen LogP) is 1.74. The Labute approximate surface area is 109 Å². The second kappa shape index (κ2) is 4.06. The summed E-state index contributed by atoms with van der Waals surface area (Å²) >= 11 is 0. The summed E-state index contributed by atoms with van der Waals surface area (Å²) in [4.78, 5) is 0. The van der Waals surface area contributed by atoms with Gasteiger partial charge in [-0.2, -0.15) is 9.19 Å². The molecule has 1 aromatic heterocycles. The number of aromatic hydroxyl groups is 1. The molecule has 1 heterocycles. The van der Waals surface area contributed by atoms with Crippen LogP contribution in [0.4, 0.5) is 4.39 Å². The molecule has 5 nitrogen and oxygen atoms in total. The molecule has 0 aliphatic heterocycles. The van der Waals surface area contributed by atoms with E-state index in [0.29, 0.717) is 24.0 Å². The van der Waals surface area contributed by atoms with E-state index in [9.17, 15) is 17.9 Å². The molecule has 0 amide bonds. The monoisotopic (exact) mass is 282 g/mol. The third-order valence-corrected chi connectivity index (χ3v) is 5.08. The summed E-state index contributed by atoms with van der Waals surface area (Å²) in [7, 11) is -3.40. The minimum atomic E-state index is -3.40. The molecule has 1 aliphatic rings. The number of hydrogen-bond acceptors (Lipinski definition) is 4. The van der Waals surface area contributed by atoms with Crippen molar-refractivity contribution in [2.24, 2.45) is 0 Å².